The van der Waals surface area contributed by atoms with Crippen molar-refractivity contribution in [2.24, 2.45) is 0 Å². The molecule has 1 rings (SSSR count). The normalized spacial score (nSPS) is 11.9. The van der Waals surface area contributed by atoms with Crippen LogP contribution in [-0.4, -0.2) is 24.8 Å². The summed E-state index contributed by atoms with van der Waals surface area (Å²) < 4.78 is 22.0. The van der Waals surface area contributed by atoms with Gasteiger partial charge in [-0.25, -0.2) is 13.4 Å². The Morgan fingerprint density at radius 2 is 2.14 bits per heavy atom. The number of hydrogen-bond acceptors (Lipinski definition) is 5. The number of rotatable bonds is 4. The van der Waals surface area contributed by atoms with E-state index >= 15 is 0 Å². The molecule has 0 aliphatic rings. The molecule has 1 aromatic heterocycles. The molecule has 0 fully saturated rings. The quantitative estimate of drug-likeness (QED) is 0.836. The van der Waals surface area contributed by atoms with Crippen LogP contribution < -0.4 is 0 Å². The monoisotopic (exact) mass is 235 g/mol. The first-order valence-corrected chi connectivity index (χ1v) is 7.10. The van der Waals surface area contributed by atoms with E-state index in [2.05, 4.69) is 4.98 Å². The van der Waals surface area contributed by atoms with E-state index in [1.807, 2.05) is 6.92 Å². The van der Waals surface area contributed by atoms with Crippen LogP contribution >= 0.6 is 11.3 Å². The summed E-state index contributed by atoms with van der Waals surface area (Å²) >= 11 is 1.27. The molecule has 0 aliphatic heterocycles. The highest BCUT2D eigenvalue weighted by Crippen LogP contribution is 2.20. The van der Waals surface area contributed by atoms with Crippen molar-refractivity contribution in [3.05, 3.63) is 15.6 Å². The van der Waals surface area contributed by atoms with Gasteiger partial charge in [-0.15, -0.1) is 11.3 Å². The third-order valence-corrected chi connectivity index (χ3v) is 3.75. The zero-order valence-electron chi connectivity index (χ0n) is 8.15. The average Bonchev–Trinajstić information content (AvgIpc) is 2.43. The fourth-order valence-corrected chi connectivity index (χ4v) is 3.33. The SMILES string of the molecule is CCc1nc(CS(C)(=O)=O)sc1CO. The maximum absolute atomic E-state index is 11.0. The van der Waals surface area contributed by atoms with Gasteiger partial charge in [0.15, 0.2) is 9.84 Å². The summed E-state index contributed by atoms with van der Waals surface area (Å²) in [4.78, 5) is 4.93. The molecular weight excluding hydrogens is 222 g/mol. The second-order valence-corrected chi connectivity index (χ2v) is 6.37. The molecule has 14 heavy (non-hydrogen) atoms. The number of aromatic nitrogens is 1. The number of aryl methyl sites for hydroxylation is 1. The molecule has 0 saturated carbocycles. The van der Waals surface area contributed by atoms with E-state index in [1.165, 1.54) is 17.6 Å². The van der Waals surface area contributed by atoms with Crippen molar-refractivity contribution in [3.8, 4) is 0 Å². The second-order valence-electron chi connectivity index (χ2n) is 3.06. The van der Waals surface area contributed by atoms with Gasteiger partial charge in [0.2, 0.25) is 0 Å². The number of thiazole rings is 1. The lowest BCUT2D eigenvalue weighted by atomic mass is 10.3. The highest BCUT2D eigenvalue weighted by atomic mass is 32.2. The molecule has 6 heteroatoms. The number of sulfone groups is 1. The van der Waals surface area contributed by atoms with Crippen LogP contribution in [0.2, 0.25) is 0 Å². The summed E-state index contributed by atoms with van der Waals surface area (Å²) in [7, 11) is -3.03. The van der Waals surface area contributed by atoms with E-state index in [-0.39, 0.29) is 12.4 Å². The van der Waals surface area contributed by atoms with Crippen LogP contribution in [0.25, 0.3) is 0 Å². The van der Waals surface area contributed by atoms with Gasteiger partial charge in [-0.3, -0.25) is 0 Å². The number of hydrogen-bond donors (Lipinski definition) is 1. The maximum atomic E-state index is 11.0. The molecule has 0 radical (unpaired) electrons. The van der Waals surface area contributed by atoms with Crippen LogP contribution in [-0.2, 0) is 28.6 Å². The minimum Gasteiger partial charge on any atom is -0.391 e. The Morgan fingerprint density at radius 3 is 2.50 bits per heavy atom. The Balaban J connectivity index is 2.96. The highest BCUT2D eigenvalue weighted by molar-refractivity contribution is 7.90. The third-order valence-electron chi connectivity index (χ3n) is 1.69. The summed E-state index contributed by atoms with van der Waals surface area (Å²) in [5, 5.41) is 9.55. The largest absolute Gasteiger partial charge is 0.391 e. The van der Waals surface area contributed by atoms with E-state index in [4.69, 9.17) is 5.11 Å². The van der Waals surface area contributed by atoms with Crippen molar-refractivity contribution in [2.75, 3.05) is 6.26 Å². The Bertz CT molecular complexity index is 387. The molecular formula is C8H13NO3S2. The Kier molecular flexibility index (Phi) is 3.63. The first-order valence-electron chi connectivity index (χ1n) is 4.22. The maximum Gasteiger partial charge on any atom is 0.153 e. The van der Waals surface area contributed by atoms with Crippen LogP contribution in [0, 0.1) is 0 Å². The van der Waals surface area contributed by atoms with E-state index in [9.17, 15) is 8.42 Å². The van der Waals surface area contributed by atoms with E-state index in [0.717, 1.165) is 17.0 Å². The van der Waals surface area contributed by atoms with E-state index in [1.54, 1.807) is 0 Å². The predicted molar refractivity (Wildman–Crippen MR) is 56.0 cm³/mol. The summed E-state index contributed by atoms with van der Waals surface area (Å²) in [5.74, 6) is -0.0370. The number of aliphatic hydroxyl groups is 1. The molecule has 80 valence electrons. The van der Waals surface area contributed by atoms with Crippen molar-refractivity contribution in [1.82, 2.24) is 4.98 Å². The molecule has 0 saturated heterocycles. The first kappa shape index (κ1) is 11.6. The molecule has 0 unspecified atom stereocenters. The van der Waals surface area contributed by atoms with Gasteiger partial charge in [0.05, 0.1) is 17.2 Å². The minimum absolute atomic E-state index is 0.0370. The lowest BCUT2D eigenvalue weighted by Gasteiger charge is -1.91. The molecule has 4 nitrogen and oxygen atoms in total. The van der Waals surface area contributed by atoms with E-state index < -0.39 is 9.84 Å². The van der Waals surface area contributed by atoms with Crippen molar-refractivity contribution >= 4 is 21.2 Å². The third kappa shape index (κ3) is 3.04. The zero-order chi connectivity index (χ0) is 10.8. The lowest BCUT2D eigenvalue weighted by Crippen LogP contribution is -2.00. The van der Waals surface area contributed by atoms with Crippen molar-refractivity contribution in [3.63, 3.8) is 0 Å². The van der Waals surface area contributed by atoms with E-state index in [0.29, 0.717) is 5.01 Å². The molecule has 1 N–H and O–H groups in total. The summed E-state index contributed by atoms with van der Waals surface area (Å²) in [6.07, 6.45) is 1.90. The topological polar surface area (TPSA) is 67.3 Å². The zero-order valence-corrected chi connectivity index (χ0v) is 9.78. The molecule has 1 aromatic rings. The van der Waals surface area contributed by atoms with Gasteiger partial charge in [0, 0.05) is 6.26 Å². The van der Waals surface area contributed by atoms with Crippen LogP contribution in [0.4, 0.5) is 0 Å². The molecule has 1 heterocycles. The standard InChI is InChI=1S/C8H13NO3S2/c1-3-6-7(4-10)13-8(9-6)5-14(2,11)12/h10H,3-5H2,1-2H3. The van der Waals surface area contributed by atoms with Crippen LogP contribution in [0.5, 0.6) is 0 Å². The second kappa shape index (κ2) is 4.37. The van der Waals surface area contributed by atoms with Crippen molar-refractivity contribution < 1.29 is 13.5 Å². The van der Waals surface area contributed by atoms with Gasteiger partial charge in [-0.05, 0) is 6.42 Å². The summed E-state index contributed by atoms with van der Waals surface area (Å²) in [5.41, 5.74) is 0.802. The predicted octanol–water partition coefficient (Wildman–Crippen LogP) is 0.742. The molecule has 0 aliphatic carbocycles. The Morgan fingerprint density at radius 1 is 1.50 bits per heavy atom. The molecule has 0 spiro atoms. The fraction of sp³-hybridized carbons (Fsp3) is 0.625. The van der Waals surface area contributed by atoms with Crippen LogP contribution in [0.1, 0.15) is 22.5 Å². The van der Waals surface area contributed by atoms with Gasteiger partial charge in [0.25, 0.3) is 0 Å². The Hall–Kier alpha value is -0.460. The smallest absolute Gasteiger partial charge is 0.153 e. The minimum atomic E-state index is -3.03. The van der Waals surface area contributed by atoms with Crippen molar-refractivity contribution in [1.29, 1.82) is 0 Å². The summed E-state index contributed by atoms with van der Waals surface area (Å²) in [6.45, 7) is 1.86. The van der Waals surface area contributed by atoms with Crippen molar-refractivity contribution in [2.45, 2.75) is 25.7 Å². The molecule has 0 aromatic carbocycles. The van der Waals surface area contributed by atoms with Crippen LogP contribution in [0.3, 0.4) is 0 Å². The number of aliphatic hydroxyl groups excluding tert-OH is 1. The summed E-state index contributed by atoms with van der Waals surface area (Å²) in [6, 6.07) is 0. The number of nitrogens with zero attached hydrogens (tertiary/aromatic N) is 1. The highest BCUT2D eigenvalue weighted by Gasteiger charge is 2.12. The first-order chi connectivity index (χ1) is 6.46. The lowest BCUT2D eigenvalue weighted by molar-refractivity contribution is 0.284. The van der Waals surface area contributed by atoms with Gasteiger partial charge in [0.1, 0.15) is 10.8 Å². The van der Waals surface area contributed by atoms with Gasteiger partial charge < -0.3 is 5.11 Å². The molecule has 0 atom stereocenters. The molecule has 0 amide bonds. The molecule has 0 bridgehead atoms. The fourth-order valence-electron chi connectivity index (χ4n) is 1.12. The van der Waals surface area contributed by atoms with Gasteiger partial charge >= 0.3 is 0 Å². The van der Waals surface area contributed by atoms with Crippen LogP contribution in [0.15, 0.2) is 0 Å². The van der Waals surface area contributed by atoms with Gasteiger partial charge in [-0.2, -0.15) is 0 Å². The average molecular weight is 235 g/mol. The Labute approximate surface area is 87.5 Å². The van der Waals surface area contributed by atoms with Gasteiger partial charge in [-0.1, -0.05) is 6.92 Å².